The fourth-order valence-corrected chi connectivity index (χ4v) is 5.17. The van der Waals surface area contributed by atoms with Crippen LogP contribution in [0.4, 0.5) is 5.69 Å². The molecule has 1 aliphatic heterocycles. The fraction of sp³-hybridized carbons (Fsp3) is 0.333. The summed E-state index contributed by atoms with van der Waals surface area (Å²) < 4.78 is 2.37. The summed E-state index contributed by atoms with van der Waals surface area (Å²) in [6.07, 6.45) is 12.7. The Labute approximate surface area is 182 Å². The molecule has 0 amide bonds. The number of nitrogens with zero attached hydrogens (tertiary/aromatic N) is 3. The lowest BCUT2D eigenvalue weighted by Gasteiger charge is -2.28. The van der Waals surface area contributed by atoms with Gasteiger partial charge in [0.15, 0.2) is 5.11 Å². The molecule has 5 nitrogen and oxygen atoms in total. The summed E-state index contributed by atoms with van der Waals surface area (Å²) in [5.41, 5.74) is 2.82. The van der Waals surface area contributed by atoms with E-state index in [0.717, 1.165) is 5.69 Å². The van der Waals surface area contributed by atoms with E-state index in [0.29, 0.717) is 16.8 Å². The Morgan fingerprint density at radius 2 is 1.80 bits per heavy atom. The lowest BCUT2D eigenvalue weighted by Crippen LogP contribution is -2.29. The largest absolute Gasteiger partial charge is 0.506 e. The normalized spacial score (nSPS) is 22.3. The Hall–Kier alpha value is -2.86. The molecule has 30 heavy (non-hydrogen) atoms. The standard InChI is InChI=1S/C24H26N4OS/c29-21-12-5-4-11-20(21)28-23(22(26-24(28)30)19-10-6-7-14-25-19)17-13-15-27(16-17)18-8-2-1-3-9-18/h4-7,10-16,18,22-23,29H,1-3,8-9H2,(H,26,30)/t22-,23+/m0/s1. The summed E-state index contributed by atoms with van der Waals surface area (Å²) in [5.74, 6) is 0.222. The average molecular weight is 419 g/mol. The molecular weight excluding hydrogens is 392 g/mol. The van der Waals surface area contributed by atoms with Crippen LogP contribution in [0.2, 0.25) is 0 Å². The van der Waals surface area contributed by atoms with Crippen LogP contribution in [0.15, 0.2) is 67.1 Å². The van der Waals surface area contributed by atoms with E-state index < -0.39 is 0 Å². The van der Waals surface area contributed by atoms with Crippen LogP contribution < -0.4 is 10.2 Å². The van der Waals surface area contributed by atoms with Crippen LogP contribution in [0.25, 0.3) is 0 Å². The highest BCUT2D eigenvalue weighted by Gasteiger charge is 2.42. The predicted octanol–water partition coefficient (Wildman–Crippen LogP) is 5.27. The number of benzene rings is 1. The monoisotopic (exact) mass is 418 g/mol. The van der Waals surface area contributed by atoms with Gasteiger partial charge in [-0.1, -0.05) is 37.5 Å². The molecule has 0 unspecified atom stereocenters. The molecule has 2 aromatic heterocycles. The van der Waals surface area contributed by atoms with Crippen molar-refractivity contribution in [2.24, 2.45) is 0 Å². The van der Waals surface area contributed by atoms with Crippen molar-refractivity contribution < 1.29 is 5.11 Å². The molecule has 3 heterocycles. The molecule has 154 valence electrons. The van der Waals surface area contributed by atoms with Gasteiger partial charge in [-0.2, -0.15) is 0 Å². The van der Waals surface area contributed by atoms with Gasteiger partial charge in [-0.3, -0.25) is 4.98 Å². The summed E-state index contributed by atoms with van der Waals surface area (Å²) in [6, 6.07) is 15.9. The van der Waals surface area contributed by atoms with Crippen molar-refractivity contribution in [3.8, 4) is 5.75 Å². The molecule has 1 saturated heterocycles. The lowest BCUT2D eigenvalue weighted by atomic mass is 9.95. The highest BCUT2D eigenvalue weighted by molar-refractivity contribution is 7.80. The lowest BCUT2D eigenvalue weighted by molar-refractivity contribution is 0.353. The first kappa shape index (κ1) is 19.1. The number of aromatic hydroxyl groups is 1. The van der Waals surface area contributed by atoms with Gasteiger partial charge in [0.1, 0.15) is 5.75 Å². The number of para-hydroxylation sites is 2. The summed E-state index contributed by atoms with van der Waals surface area (Å²) >= 11 is 5.74. The number of phenols is 1. The van der Waals surface area contributed by atoms with Crippen molar-refractivity contribution in [2.75, 3.05) is 4.90 Å². The van der Waals surface area contributed by atoms with E-state index in [1.54, 1.807) is 6.07 Å². The van der Waals surface area contributed by atoms with E-state index in [4.69, 9.17) is 12.2 Å². The van der Waals surface area contributed by atoms with Crippen molar-refractivity contribution >= 4 is 23.0 Å². The maximum absolute atomic E-state index is 10.6. The topological polar surface area (TPSA) is 53.3 Å². The quantitative estimate of drug-likeness (QED) is 0.565. The molecule has 6 heteroatoms. The number of hydrogen-bond acceptors (Lipinski definition) is 3. The third kappa shape index (κ3) is 3.45. The van der Waals surface area contributed by atoms with Gasteiger partial charge in [-0.15, -0.1) is 0 Å². The number of hydrogen-bond donors (Lipinski definition) is 2. The van der Waals surface area contributed by atoms with Crippen molar-refractivity contribution in [3.05, 3.63) is 78.4 Å². The fourth-order valence-electron chi connectivity index (χ4n) is 4.83. The number of nitrogens with one attached hydrogen (secondary N) is 1. The third-order valence-electron chi connectivity index (χ3n) is 6.31. The van der Waals surface area contributed by atoms with Crippen LogP contribution in [-0.4, -0.2) is 19.8 Å². The number of phenolic OH excluding ortho intramolecular Hbond substituents is 1. The van der Waals surface area contributed by atoms with Gasteiger partial charge in [0.25, 0.3) is 0 Å². The van der Waals surface area contributed by atoms with E-state index in [1.807, 2.05) is 47.5 Å². The Morgan fingerprint density at radius 3 is 2.57 bits per heavy atom. The molecule has 3 aromatic rings. The zero-order valence-electron chi connectivity index (χ0n) is 16.8. The minimum absolute atomic E-state index is 0.0921. The van der Waals surface area contributed by atoms with E-state index in [1.165, 1.54) is 37.7 Å². The Kier molecular flexibility index (Phi) is 5.17. The van der Waals surface area contributed by atoms with Crippen LogP contribution in [0, 0.1) is 0 Å². The van der Waals surface area contributed by atoms with Gasteiger partial charge in [0.05, 0.1) is 23.5 Å². The minimum Gasteiger partial charge on any atom is -0.506 e. The summed E-state index contributed by atoms with van der Waals surface area (Å²) in [4.78, 5) is 6.63. The van der Waals surface area contributed by atoms with Crippen molar-refractivity contribution in [1.29, 1.82) is 0 Å². The third-order valence-corrected chi connectivity index (χ3v) is 6.63. The van der Waals surface area contributed by atoms with E-state index in [2.05, 4.69) is 33.3 Å². The van der Waals surface area contributed by atoms with E-state index in [9.17, 15) is 5.11 Å². The van der Waals surface area contributed by atoms with Crippen molar-refractivity contribution in [2.45, 2.75) is 50.2 Å². The van der Waals surface area contributed by atoms with E-state index >= 15 is 0 Å². The molecule has 1 saturated carbocycles. The molecule has 2 N–H and O–H groups in total. The number of rotatable bonds is 4. The maximum Gasteiger partial charge on any atom is 0.174 e. The van der Waals surface area contributed by atoms with Crippen LogP contribution in [-0.2, 0) is 0 Å². The SMILES string of the molecule is Oc1ccccc1N1C(=S)N[C@@H](c2ccccn2)[C@H]1c1ccn(C2CCCCC2)c1. The Bertz CT molecular complexity index is 1030. The van der Waals surface area contributed by atoms with Gasteiger partial charge in [-0.25, -0.2) is 0 Å². The molecule has 1 aliphatic carbocycles. The summed E-state index contributed by atoms with van der Waals surface area (Å²) in [5, 5.41) is 14.6. The molecule has 0 spiro atoms. The number of pyridine rings is 1. The highest BCUT2D eigenvalue weighted by Crippen LogP contribution is 2.44. The number of thiocarbonyl (C=S) groups is 1. The molecule has 5 rings (SSSR count). The number of anilines is 1. The molecule has 2 atom stereocenters. The minimum atomic E-state index is -0.0967. The molecule has 2 aliphatic rings. The second-order valence-electron chi connectivity index (χ2n) is 8.17. The Balaban J connectivity index is 1.57. The van der Waals surface area contributed by atoms with Gasteiger partial charge >= 0.3 is 0 Å². The van der Waals surface area contributed by atoms with Crippen LogP contribution in [0.1, 0.15) is 61.5 Å². The van der Waals surface area contributed by atoms with Gasteiger partial charge < -0.3 is 19.9 Å². The summed E-state index contributed by atoms with van der Waals surface area (Å²) in [6.45, 7) is 0. The Morgan fingerprint density at radius 1 is 1.00 bits per heavy atom. The first-order valence-electron chi connectivity index (χ1n) is 10.7. The molecule has 0 radical (unpaired) electrons. The zero-order valence-corrected chi connectivity index (χ0v) is 17.6. The first-order valence-corrected chi connectivity index (χ1v) is 11.1. The predicted molar refractivity (Wildman–Crippen MR) is 123 cm³/mol. The van der Waals surface area contributed by atoms with E-state index in [-0.39, 0.29) is 17.8 Å². The highest BCUT2D eigenvalue weighted by atomic mass is 32.1. The first-order chi connectivity index (χ1) is 14.7. The molecular formula is C24H26N4OS. The molecule has 2 fully saturated rings. The second kappa shape index (κ2) is 8.11. The second-order valence-corrected chi connectivity index (χ2v) is 8.56. The molecule has 1 aromatic carbocycles. The van der Waals surface area contributed by atoms with Crippen LogP contribution in [0.3, 0.4) is 0 Å². The van der Waals surface area contributed by atoms with Gasteiger partial charge in [0, 0.05) is 24.6 Å². The number of aromatic nitrogens is 2. The van der Waals surface area contributed by atoms with Crippen molar-refractivity contribution in [1.82, 2.24) is 14.9 Å². The molecule has 0 bridgehead atoms. The van der Waals surface area contributed by atoms with Gasteiger partial charge in [-0.05, 0) is 61.0 Å². The van der Waals surface area contributed by atoms with Gasteiger partial charge in [0.2, 0.25) is 0 Å². The smallest absolute Gasteiger partial charge is 0.174 e. The van der Waals surface area contributed by atoms with Crippen molar-refractivity contribution in [3.63, 3.8) is 0 Å². The average Bonchev–Trinajstić information content (AvgIpc) is 3.40. The zero-order chi connectivity index (χ0) is 20.5. The maximum atomic E-state index is 10.6. The van der Waals surface area contributed by atoms with Crippen LogP contribution in [0.5, 0.6) is 5.75 Å². The summed E-state index contributed by atoms with van der Waals surface area (Å²) in [7, 11) is 0. The van der Waals surface area contributed by atoms with Crippen LogP contribution >= 0.6 is 12.2 Å².